The van der Waals surface area contributed by atoms with E-state index in [1.165, 1.54) is 0 Å². The lowest BCUT2D eigenvalue weighted by molar-refractivity contribution is 0.235. The van der Waals surface area contributed by atoms with Gasteiger partial charge in [-0.05, 0) is 85.2 Å². The van der Waals surface area contributed by atoms with E-state index in [2.05, 4.69) is 4.81 Å². The number of hydrogen-bond acceptors (Lipinski definition) is 6. The van der Waals surface area contributed by atoms with Gasteiger partial charge in [0.2, 0.25) is 0 Å². The molecule has 31 heavy (non-hydrogen) atoms. The average Bonchev–Trinajstić information content (AvgIpc) is 2.86. The summed E-state index contributed by atoms with van der Waals surface area (Å²) in [5.74, 6) is 0.388. The molecule has 1 unspecified atom stereocenters. The maximum absolute atomic E-state index is 11.7. The summed E-state index contributed by atoms with van der Waals surface area (Å²) in [6, 6.07) is 9.69. The maximum Gasteiger partial charge on any atom is 0.376 e. The highest BCUT2D eigenvalue weighted by Crippen LogP contribution is 2.45. The van der Waals surface area contributed by atoms with Gasteiger partial charge in [0.05, 0.1) is 18.6 Å². The van der Waals surface area contributed by atoms with Gasteiger partial charge >= 0.3 is 7.05 Å². The number of rotatable bonds is 5. The molecule has 0 amide bonds. The molecule has 0 saturated carbocycles. The summed E-state index contributed by atoms with van der Waals surface area (Å²) in [5, 5.41) is 10.5. The van der Waals surface area contributed by atoms with E-state index >= 15 is 0 Å². The molecule has 0 radical (unpaired) electrons. The molecular weight excluding hydrogens is 435 g/mol. The van der Waals surface area contributed by atoms with Crippen LogP contribution in [0.1, 0.15) is 41.1 Å². The van der Waals surface area contributed by atoms with Crippen LogP contribution in [0.15, 0.2) is 36.5 Å². The Morgan fingerprint density at radius 3 is 2.71 bits per heavy atom. The molecule has 2 heterocycles. The zero-order chi connectivity index (χ0) is 22.2. The Labute approximate surface area is 189 Å². The molecule has 6 nitrogen and oxygen atoms in total. The number of aromatic nitrogens is 1. The Hall–Kier alpha value is -1.71. The van der Waals surface area contributed by atoms with Crippen LogP contribution in [0.25, 0.3) is 11.6 Å². The summed E-state index contributed by atoms with van der Waals surface area (Å²) in [5.41, 5.74) is 4.69. The van der Waals surface area contributed by atoms with E-state index in [1.54, 1.807) is 13.0 Å². The van der Waals surface area contributed by atoms with Crippen molar-refractivity contribution in [1.82, 2.24) is 9.79 Å². The van der Waals surface area contributed by atoms with Gasteiger partial charge in [0, 0.05) is 17.1 Å². The van der Waals surface area contributed by atoms with Gasteiger partial charge in [0.1, 0.15) is 0 Å². The molecule has 0 bridgehead atoms. The fourth-order valence-corrected chi connectivity index (χ4v) is 5.21. The van der Waals surface area contributed by atoms with Crippen molar-refractivity contribution in [2.24, 2.45) is 5.92 Å². The van der Waals surface area contributed by atoms with E-state index < -0.39 is 17.2 Å². The van der Waals surface area contributed by atoms with Crippen LogP contribution >= 0.6 is 11.6 Å². The van der Waals surface area contributed by atoms with E-state index in [0.29, 0.717) is 10.9 Å². The number of benzene rings is 1. The summed E-state index contributed by atoms with van der Waals surface area (Å²) in [6.45, 7) is 3.38. The number of piperidine rings is 1. The number of hydrogen-bond donors (Lipinski definition) is 1. The highest BCUT2D eigenvalue weighted by Gasteiger charge is 2.35. The molecule has 4 rings (SSSR count). The first-order valence-corrected chi connectivity index (χ1v) is 12.6. The quantitative estimate of drug-likeness (QED) is 0.543. The van der Waals surface area contributed by atoms with E-state index in [0.717, 1.165) is 60.1 Å². The first kappa shape index (κ1) is 22.5. The lowest BCUT2D eigenvalue weighted by Crippen LogP contribution is -2.44. The minimum Gasteiger partial charge on any atom is -0.437 e. The summed E-state index contributed by atoms with van der Waals surface area (Å²) >= 11 is 6.35. The van der Waals surface area contributed by atoms with Crippen LogP contribution < -0.4 is 0 Å². The van der Waals surface area contributed by atoms with E-state index in [4.69, 9.17) is 20.8 Å². The van der Waals surface area contributed by atoms with Crippen LogP contribution in [0, 0.1) is 5.92 Å². The number of pyridine rings is 1. The second kappa shape index (κ2) is 9.04. The van der Waals surface area contributed by atoms with Gasteiger partial charge in [-0.2, -0.15) is 8.42 Å². The van der Waals surface area contributed by atoms with Gasteiger partial charge in [-0.1, -0.05) is 23.7 Å². The molecule has 2 aromatic rings. The Balaban J connectivity index is 1.79. The maximum atomic E-state index is 11.7. The fraction of sp³-hybridized carbons (Fsp3) is 0.409. The lowest BCUT2D eigenvalue weighted by Gasteiger charge is -2.37. The highest BCUT2D eigenvalue weighted by molar-refractivity contribution is 7.86. The number of fused-ring (bicyclic) bond motifs is 2. The van der Waals surface area contributed by atoms with Gasteiger partial charge in [0.25, 0.3) is 10.1 Å². The molecule has 9 heteroatoms. The monoisotopic (exact) mass is 460 g/mol. The molecule has 164 valence electrons. The predicted molar refractivity (Wildman–Crippen MR) is 124 cm³/mol. The lowest BCUT2D eigenvalue weighted by atomic mass is 9.73. The van der Waals surface area contributed by atoms with Crippen LogP contribution in [0.2, 0.25) is 11.8 Å². The minimum absolute atomic E-state index is 0.0478. The third-order valence-corrected chi connectivity index (χ3v) is 6.98. The van der Waals surface area contributed by atoms with Crippen molar-refractivity contribution in [3.63, 3.8) is 0 Å². The van der Waals surface area contributed by atoms with Gasteiger partial charge in [-0.15, -0.1) is 0 Å². The summed E-state index contributed by atoms with van der Waals surface area (Å²) in [7, 11) is -4.04. The largest absolute Gasteiger partial charge is 0.437 e. The molecule has 1 N–H and O–H groups in total. The molecule has 1 fully saturated rings. The third-order valence-electron chi connectivity index (χ3n) is 6.19. The van der Waals surface area contributed by atoms with Crippen LogP contribution in [0.5, 0.6) is 0 Å². The first-order valence-electron chi connectivity index (χ1n) is 10.4. The topological polar surface area (TPSA) is 79.7 Å². The third kappa shape index (κ3) is 5.04. The van der Waals surface area contributed by atoms with Crippen molar-refractivity contribution in [1.29, 1.82) is 0 Å². The summed E-state index contributed by atoms with van der Waals surface area (Å²) in [4.78, 5) is 6.84. The van der Waals surface area contributed by atoms with Crippen molar-refractivity contribution in [3.8, 4) is 0 Å². The molecule has 1 saturated heterocycles. The Kier molecular flexibility index (Phi) is 6.56. The normalized spacial score (nSPS) is 19.9. The van der Waals surface area contributed by atoms with Crippen molar-refractivity contribution >= 4 is 40.4 Å². The second-order valence-corrected chi connectivity index (χ2v) is 10.4. The molecule has 1 aromatic carbocycles. The van der Waals surface area contributed by atoms with Crippen LogP contribution in [-0.4, -0.2) is 56.2 Å². The molecule has 1 aromatic heterocycles. The smallest absolute Gasteiger partial charge is 0.376 e. The van der Waals surface area contributed by atoms with E-state index in [1.807, 2.05) is 36.4 Å². The molecule has 2 aliphatic rings. The van der Waals surface area contributed by atoms with Crippen molar-refractivity contribution in [2.45, 2.75) is 25.6 Å². The first-order chi connectivity index (χ1) is 14.7. The van der Waals surface area contributed by atoms with Crippen LogP contribution in [-0.2, 0) is 14.3 Å². The SMILES string of the molecule is CB(O)N1CCC(C2c3ccc(Cl)cc3C(COS(C)(=O)=O)=Cc3cccnc32)CC1. The van der Waals surface area contributed by atoms with Gasteiger partial charge in [-0.3, -0.25) is 9.17 Å². The standard InChI is InChI=1S/C22H26BClN2O4S/c1-23(27)26-10-7-15(8-11-26)21-19-6-5-18(24)13-20(19)17(14-30-31(2,28)29)12-16-4-3-9-25-22(16)21/h3-6,9,12-13,15,21,27H,7-8,10-11,14H2,1-2H3. The van der Waals surface area contributed by atoms with Gasteiger partial charge < -0.3 is 9.83 Å². The van der Waals surface area contributed by atoms with Crippen LogP contribution in [0.4, 0.5) is 0 Å². The highest BCUT2D eigenvalue weighted by atomic mass is 35.5. The average molecular weight is 461 g/mol. The Morgan fingerprint density at radius 1 is 1.29 bits per heavy atom. The van der Waals surface area contributed by atoms with Crippen LogP contribution in [0.3, 0.4) is 0 Å². The second-order valence-electron chi connectivity index (χ2n) is 8.33. The van der Waals surface area contributed by atoms with Gasteiger partial charge in [-0.25, -0.2) is 0 Å². The zero-order valence-electron chi connectivity index (χ0n) is 17.7. The fourth-order valence-electron chi connectivity index (χ4n) is 4.70. The summed E-state index contributed by atoms with van der Waals surface area (Å²) in [6.07, 6.45) is 6.69. The zero-order valence-corrected chi connectivity index (χ0v) is 19.2. The minimum atomic E-state index is -3.59. The Morgan fingerprint density at radius 2 is 2.03 bits per heavy atom. The van der Waals surface area contributed by atoms with E-state index in [9.17, 15) is 13.4 Å². The molecule has 1 aliphatic carbocycles. The molecule has 0 spiro atoms. The number of halogens is 1. The van der Waals surface area contributed by atoms with Crippen molar-refractivity contribution in [2.75, 3.05) is 26.0 Å². The predicted octanol–water partition coefficient (Wildman–Crippen LogP) is 3.52. The molecular formula is C22H26BClN2O4S. The molecule has 1 atom stereocenters. The van der Waals surface area contributed by atoms with E-state index in [-0.39, 0.29) is 12.5 Å². The Bertz CT molecular complexity index is 1100. The van der Waals surface area contributed by atoms with Gasteiger partial charge in [0.15, 0.2) is 0 Å². The summed E-state index contributed by atoms with van der Waals surface area (Å²) < 4.78 is 28.5. The number of nitrogens with zero attached hydrogens (tertiary/aromatic N) is 2. The van der Waals surface area contributed by atoms with Crippen molar-refractivity contribution in [3.05, 3.63) is 63.9 Å². The molecule has 1 aliphatic heterocycles. The van der Waals surface area contributed by atoms with Crippen molar-refractivity contribution < 1.29 is 17.6 Å².